The maximum absolute atomic E-state index is 6.47. The Bertz CT molecular complexity index is 571. The maximum atomic E-state index is 6.47. The Labute approximate surface area is 121 Å². The number of nitrogens with two attached hydrogens (primary N) is 1. The van der Waals surface area contributed by atoms with Gasteiger partial charge in [-0.1, -0.05) is 61.9 Å². The van der Waals surface area contributed by atoms with Gasteiger partial charge in [-0.2, -0.15) is 0 Å². The van der Waals surface area contributed by atoms with Gasteiger partial charge in [0.2, 0.25) is 0 Å². The van der Waals surface area contributed by atoms with Crippen LogP contribution >= 0.6 is 0 Å². The van der Waals surface area contributed by atoms with Crippen LogP contribution in [0.5, 0.6) is 0 Å². The number of fused-ring (bicyclic) bond motifs is 1. The van der Waals surface area contributed by atoms with Gasteiger partial charge in [0.25, 0.3) is 0 Å². The van der Waals surface area contributed by atoms with E-state index in [-0.39, 0.29) is 6.04 Å². The highest BCUT2D eigenvalue weighted by molar-refractivity contribution is 5.43. The van der Waals surface area contributed by atoms with Crippen LogP contribution in [0.25, 0.3) is 0 Å². The van der Waals surface area contributed by atoms with E-state index in [0.29, 0.717) is 5.92 Å². The van der Waals surface area contributed by atoms with Crippen LogP contribution in [0.4, 0.5) is 0 Å². The zero-order valence-electron chi connectivity index (χ0n) is 12.2. The van der Waals surface area contributed by atoms with Gasteiger partial charge in [0.15, 0.2) is 0 Å². The molecule has 1 heteroatoms. The summed E-state index contributed by atoms with van der Waals surface area (Å²) in [6.07, 6.45) is 4.81. The minimum absolute atomic E-state index is 0.130. The average Bonchev–Trinajstić information content (AvgIpc) is 2.47. The van der Waals surface area contributed by atoms with Crippen LogP contribution in [0, 0.1) is 0 Å². The number of rotatable bonds is 5. The predicted molar refractivity (Wildman–Crippen MR) is 84.9 cm³/mol. The Hall–Kier alpha value is -1.60. The van der Waals surface area contributed by atoms with Crippen molar-refractivity contribution in [3.63, 3.8) is 0 Å². The van der Waals surface area contributed by atoms with Crippen molar-refractivity contribution in [1.82, 2.24) is 0 Å². The van der Waals surface area contributed by atoms with E-state index < -0.39 is 0 Å². The first-order chi connectivity index (χ1) is 9.79. The summed E-state index contributed by atoms with van der Waals surface area (Å²) in [5.74, 6) is 0.493. The fraction of sp³-hybridized carbons (Fsp3) is 0.368. The van der Waals surface area contributed by atoms with Crippen molar-refractivity contribution < 1.29 is 0 Å². The molecule has 1 aliphatic carbocycles. The maximum Gasteiger partial charge on any atom is 0.0367 e. The Morgan fingerprint density at radius 3 is 2.55 bits per heavy atom. The number of hydrogen-bond acceptors (Lipinski definition) is 1. The smallest absolute Gasteiger partial charge is 0.0367 e. The molecule has 2 unspecified atom stereocenters. The topological polar surface area (TPSA) is 26.0 Å². The lowest BCUT2D eigenvalue weighted by Crippen LogP contribution is -2.28. The second-order valence-electron chi connectivity index (χ2n) is 5.88. The molecule has 0 spiro atoms. The van der Waals surface area contributed by atoms with Crippen molar-refractivity contribution in [2.45, 2.75) is 44.6 Å². The summed E-state index contributed by atoms with van der Waals surface area (Å²) in [6, 6.07) is 17.7. The summed E-state index contributed by atoms with van der Waals surface area (Å²) in [5.41, 5.74) is 12.1. The van der Waals surface area contributed by atoms with Crippen LogP contribution in [0.2, 0.25) is 0 Å². The standard InChI is InChI=1S/C19H23N/c1-2-3-6-14-9-11-15(12-10-14)19(20)18-13-16-7-4-5-8-17(16)18/h4-5,7-12,18-19H,2-3,6,13,20H2,1H3. The van der Waals surface area contributed by atoms with Gasteiger partial charge < -0.3 is 5.73 Å². The minimum atomic E-state index is 0.130. The molecule has 2 aromatic rings. The molecule has 0 aliphatic heterocycles. The lowest BCUT2D eigenvalue weighted by molar-refractivity contribution is 0.500. The first kappa shape index (κ1) is 13.4. The highest BCUT2D eigenvalue weighted by atomic mass is 14.7. The molecular weight excluding hydrogens is 242 g/mol. The summed E-state index contributed by atoms with van der Waals surface area (Å²) in [5, 5.41) is 0. The predicted octanol–water partition coefficient (Wildman–Crippen LogP) is 4.37. The fourth-order valence-electron chi connectivity index (χ4n) is 3.14. The van der Waals surface area contributed by atoms with E-state index in [1.807, 2.05) is 0 Å². The largest absolute Gasteiger partial charge is 0.323 e. The molecule has 3 rings (SSSR count). The van der Waals surface area contributed by atoms with Crippen molar-refractivity contribution in [3.05, 3.63) is 70.8 Å². The molecule has 0 bridgehead atoms. The van der Waals surface area contributed by atoms with Crippen LogP contribution in [0.3, 0.4) is 0 Å². The van der Waals surface area contributed by atoms with E-state index in [4.69, 9.17) is 5.73 Å². The highest BCUT2D eigenvalue weighted by Crippen LogP contribution is 2.42. The van der Waals surface area contributed by atoms with Crippen molar-refractivity contribution in [1.29, 1.82) is 0 Å². The van der Waals surface area contributed by atoms with Gasteiger partial charge in [-0.25, -0.2) is 0 Å². The van der Waals surface area contributed by atoms with Crippen LogP contribution in [0.15, 0.2) is 48.5 Å². The number of aryl methyl sites for hydroxylation is 1. The lowest BCUT2D eigenvalue weighted by Gasteiger charge is -2.35. The van der Waals surface area contributed by atoms with E-state index in [1.54, 1.807) is 0 Å². The SMILES string of the molecule is CCCCc1ccc(C(N)C2Cc3ccccc32)cc1. The molecule has 0 fully saturated rings. The molecule has 0 saturated carbocycles. The third-order valence-corrected chi connectivity index (χ3v) is 4.51. The first-order valence-electron chi connectivity index (χ1n) is 7.72. The number of hydrogen-bond donors (Lipinski definition) is 1. The monoisotopic (exact) mass is 265 g/mol. The zero-order chi connectivity index (χ0) is 13.9. The molecule has 2 atom stereocenters. The van der Waals surface area contributed by atoms with Gasteiger partial charge in [-0.15, -0.1) is 0 Å². The number of benzene rings is 2. The Morgan fingerprint density at radius 2 is 1.85 bits per heavy atom. The molecule has 0 amide bonds. The molecule has 1 aliphatic rings. The van der Waals surface area contributed by atoms with Gasteiger partial charge in [0.05, 0.1) is 0 Å². The van der Waals surface area contributed by atoms with Gasteiger partial charge in [0.1, 0.15) is 0 Å². The molecule has 0 aromatic heterocycles. The minimum Gasteiger partial charge on any atom is -0.323 e. The summed E-state index contributed by atoms with van der Waals surface area (Å²) < 4.78 is 0. The van der Waals surface area contributed by atoms with Gasteiger partial charge in [-0.3, -0.25) is 0 Å². The number of unbranched alkanes of at least 4 members (excludes halogenated alkanes) is 1. The van der Waals surface area contributed by atoms with E-state index in [1.165, 1.54) is 41.5 Å². The van der Waals surface area contributed by atoms with E-state index in [2.05, 4.69) is 55.5 Å². The third-order valence-electron chi connectivity index (χ3n) is 4.51. The normalized spacial score (nSPS) is 18.2. The van der Waals surface area contributed by atoms with Crippen LogP contribution < -0.4 is 5.73 Å². The second-order valence-corrected chi connectivity index (χ2v) is 5.88. The fourth-order valence-corrected chi connectivity index (χ4v) is 3.14. The van der Waals surface area contributed by atoms with Gasteiger partial charge in [0, 0.05) is 12.0 Å². The van der Waals surface area contributed by atoms with Crippen molar-refractivity contribution in [2.75, 3.05) is 0 Å². The summed E-state index contributed by atoms with van der Waals surface area (Å²) in [7, 11) is 0. The molecule has 0 heterocycles. The average molecular weight is 265 g/mol. The molecule has 0 radical (unpaired) electrons. The van der Waals surface area contributed by atoms with E-state index in [9.17, 15) is 0 Å². The van der Waals surface area contributed by atoms with Crippen molar-refractivity contribution >= 4 is 0 Å². The Balaban J connectivity index is 1.71. The van der Waals surface area contributed by atoms with Crippen LogP contribution in [-0.2, 0) is 12.8 Å². The molecule has 1 nitrogen and oxygen atoms in total. The molecule has 0 saturated heterocycles. The summed E-state index contributed by atoms with van der Waals surface area (Å²) in [4.78, 5) is 0. The molecule has 2 N–H and O–H groups in total. The highest BCUT2D eigenvalue weighted by Gasteiger charge is 2.31. The second kappa shape index (κ2) is 5.80. The first-order valence-corrected chi connectivity index (χ1v) is 7.72. The molecular formula is C19H23N. The van der Waals surface area contributed by atoms with E-state index in [0.717, 1.165) is 6.42 Å². The third kappa shape index (κ3) is 2.51. The Morgan fingerprint density at radius 1 is 1.10 bits per heavy atom. The molecule has 20 heavy (non-hydrogen) atoms. The molecule has 104 valence electrons. The quantitative estimate of drug-likeness (QED) is 0.853. The lowest BCUT2D eigenvalue weighted by atomic mass is 9.72. The zero-order valence-corrected chi connectivity index (χ0v) is 12.2. The Kier molecular flexibility index (Phi) is 3.88. The van der Waals surface area contributed by atoms with Gasteiger partial charge in [-0.05, 0) is 41.5 Å². The van der Waals surface area contributed by atoms with Crippen LogP contribution in [-0.4, -0.2) is 0 Å². The summed E-state index contributed by atoms with van der Waals surface area (Å²) >= 11 is 0. The van der Waals surface area contributed by atoms with Crippen molar-refractivity contribution in [3.8, 4) is 0 Å². The molecule has 2 aromatic carbocycles. The van der Waals surface area contributed by atoms with Crippen molar-refractivity contribution in [2.24, 2.45) is 5.73 Å². The summed E-state index contributed by atoms with van der Waals surface area (Å²) in [6.45, 7) is 2.23. The van der Waals surface area contributed by atoms with Gasteiger partial charge >= 0.3 is 0 Å². The van der Waals surface area contributed by atoms with Crippen LogP contribution in [0.1, 0.15) is 54.0 Å². The van der Waals surface area contributed by atoms with E-state index >= 15 is 0 Å².